The molecule has 9 nitrogen and oxygen atoms in total. The normalized spacial score (nSPS) is 13.8. The van der Waals surface area contributed by atoms with E-state index in [2.05, 4.69) is 49.3 Å². The van der Waals surface area contributed by atoms with Crippen molar-refractivity contribution in [2.24, 2.45) is 5.10 Å². The number of rotatable bonds is 8. The van der Waals surface area contributed by atoms with Gasteiger partial charge in [0.05, 0.1) is 20.4 Å². The molecule has 1 aliphatic rings. The topological polar surface area (TPSA) is 92.7 Å². The number of hydrogen-bond donors (Lipinski definition) is 1. The summed E-state index contributed by atoms with van der Waals surface area (Å²) in [6, 6.07) is 22.9. The average molecular weight is 503 g/mol. The van der Waals surface area contributed by atoms with Gasteiger partial charge >= 0.3 is 6.16 Å². The maximum absolute atomic E-state index is 12.5. The van der Waals surface area contributed by atoms with E-state index in [1.54, 1.807) is 18.2 Å². The summed E-state index contributed by atoms with van der Waals surface area (Å²) in [6.07, 6.45) is 0.634. The zero-order valence-corrected chi connectivity index (χ0v) is 20.9. The summed E-state index contributed by atoms with van der Waals surface area (Å²) in [5.41, 5.74) is 6.13. The summed E-state index contributed by atoms with van der Waals surface area (Å²) >= 11 is 0. The van der Waals surface area contributed by atoms with Gasteiger partial charge in [0.2, 0.25) is 0 Å². The van der Waals surface area contributed by atoms with E-state index in [1.165, 1.54) is 26.1 Å². The van der Waals surface area contributed by atoms with Gasteiger partial charge in [0.1, 0.15) is 0 Å². The number of hydrazone groups is 1. The van der Waals surface area contributed by atoms with Gasteiger partial charge in [-0.15, -0.1) is 0 Å². The number of ether oxygens (including phenoxy) is 3. The minimum Gasteiger partial charge on any atom is -0.493 e. The van der Waals surface area contributed by atoms with Crippen molar-refractivity contribution in [2.75, 3.05) is 45.3 Å². The van der Waals surface area contributed by atoms with Crippen LogP contribution in [-0.4, -0.2) is 63.6 Å². The van der Waals surface area contributed by atoms with Crippen molar-refractivity contribution in [1.29, 1.82) is 0 Å². The van der Waals surface area contributed by atoms with Crippen LogP contribution in [0.25, 0.3) is 0 Å². The number of methoxy groups -OCH3 is 2. The Morgan fingerprint density at radius 3 is 2.32 bits per heavy atom. The van der Waals surface area contributed by atoms with Crippen LogP contribution >= 0.6 is 0 Å². The Balaban J connectivity index is 1.26. The molecule has 0 saturated carbocycles. The van der Waals surface area contributed by atoms with Gasteiger partial charge in [0, 0.05) is 44.0 Å². The van der Waals surface area contributed by atoms with E-state index >= 15 is 0 Å². The molecule has 9 heteroatoms. The average Bonchev–Trinajstić information content (AvgIpc) is 2.95. The molecular formula is C28H30N4O5. The molecule has 0 atom stereocenters. The van der Waals surface area contributed by atoms with E-state index in [1.807, 2.05) is 30.3 Å². The molecule has 1 amide bonds. The fourth-order valence-corrected chi connectivity index (χ4v) is 4.03. The molecular weight excluding hydrogens is 472 g/mol. The molecule has 0 aliphatic carbocycles. The molecule has 1 N–H and O–H groups in total. The number of amides is 1. The quantitative estimate of drug-likeness (QED) is 0.216. The predicted octanol–water partition coefficient (Wildman–Crippen LogP) is 3.93. The lowest BCUT2D eigenvalue weighted by atomic mass is 10.1. The number of carbonyl (C=O) groups is 2. The Morgan fingerprint density at radius 1 is 0.919 bits per heavy atom. The first-order valence-corrected chi connectivity index (χ1v) is 11.9. The third kappa shape index (κ3) is 7.08. The van der Waals surface area contributed by atoms with E-state index in [-0.39, 0.29) is 11.7 Å². The number of nitrogens with zero attached hydrogens (tertiary/aromatic N) is 3. The van der Waals surface area contributed by atoms with Crippen molar-refractivity contribution in [2.45, 2.75) is 6.54 Å². The highest BCUT2D eigenvalue weighted by atomic mass is 16.7. The first kappa shape index (κ1) is 25.7. The van der Waals surface area contributed by atoms with Crippen molar-refractivity contribution >= 4 is 24.0 Å². The molecule has 0 radical (unpaired) electrons. The molecule has 1 saturated heterocycles. The Kier molecular flexibility index (Phi) is 8.72. The molecule has 1 aliphatic heterocycles. The van der Waals surface area contributed by atoms with E-state index < -0.39 is 6.16 Å². The molecule has 1 fully saturated rings. The second-order valence-corrected chi connectivity index (χ2v) is 8.46. The van der Waals surface area contributed by atoms with Crippen LogP contribution in [0.1, 0.15) is 21.5 Å². The zero-order chi connectivity index (χ0) is 26.0. The van der Waals surface area contributed by atoms with Crippen LogP contribution in [0.4, 0.5) is 10.5 Å². The minimum atomic E-state index is -0.844. The summed E-state index contributed by atoms with van der Waals surface area (Å²) < 4.78 is 14.7. The number of para-hydroxylation sites is 1. The van der Waals surface area contributed by atoms with Crippen molar-refractivity contribution in [3.8, 4) is 11.5 Å². The second kappa shape index (κ2) is 12.5. The highest BCUT2D eigenvalue weighted by Gasteiger charge is 2.17. The number of anilines is 1. The van der Waals surface area contributed by atoms with Crippen molar-refractivity contribution < 1.29 is 23.8 Å². The Bertz CT molecular complexity index is 1220. The summed E-state index contributed by atoms with van der Waals surface area (Å²) in [4.78, 5) is 28.7. The third-order valence-corrected chi connectivity index (χ3v) is 6.04. The summed E-state index contributed by atoms with van der Waals surface area (Å²) in [6.45, 7) is 4.82. The van der Waals surface area contributed by atoms with Crippen molar-refractivity contribution in [3.63, 3.8) is 0 Å². The second-order valence-electron chi connectivity index (χ2n) is 8.46. The summed E-state index contributed by atoms with van der Waals surface area (Å²) in [5.74, 6) is 0.239. The first-order valence-electron chi connectivity index (χ1n) is 11.9. The van der Waals surface area contributed by atoms with E-state index in [0.29, 0.717) is 16.9 Å². The predicted molar refractivity (Wildman–Crippen MR) is 141 cm³/mol. The smallest absolute Gasteiger partial charge is 0.493 e. The van der Waals surface area contributed by atoms with Gasteiger partial charge in [-0.3, -0.25) is 9.69 Å². The van der Waals surface area contributed by atoms with E-state index in [4.69, 9.17) is 9.47 Å². The molecule has 4 rings (SSSR count). The first-order chi connectivity index (χ1) is 18.1. The maximum Gasteiger partial charge on any atom is 0.513 e. The number of piperazine rings is 1. The number of carbonyl (C=O) groups excluding carboxylic acids is 2. The van der Waals surface area contributed by atoms with Gasteiger partial charge < -0.3 is 19.1 Å². The summed E-state index contributed by atoms with van der Waals surface area (Å²) in [7, 11) is 2.68. The van der Waals surface area contributed by atoms with Gasteiger partial charge in [0.15, 0.2) is 11.5 Å². The van der Waals surface area contributed by atoms with E-state index in [9.17, 15) is 9.59 Å². The lowest BCUT2D eigenvalue weighted by Gasteiger charge is -2.36. The highest BCUT2D eigenvalue weighted by Crippen LogP contribution is 2.28. The zero-order valence-electron chi connectivity index (χ0n) is 20.9. The maximum atomic E-state index is 12.5. The lowest BCUT2D eigenvalue weighted by Crippen LogP contribution is -2.45. The molecule has 3 aromatic rings. The van der Waals surface area contributed by atoms with Gasteiger partial charge in [-0.05, 0) is 53.6 Å². The Labute approximate surface area is 216 Å². The van der Waals surface area contributed by atoms with Crippen LogP contribution in [0.15, 0.2) is 77.9 Å². The molecule has 3 aromatic carbocycles. The molecule has 1 heterocycles. The van der Waals surface area contributed by atoms with E-state index in [0.717, 1.165) is 38.3 Å². The number of hydrogen-bond acceptors (Lipinski definition) is 8. The minimum absolute atomic E-state index is 0.216. The van der Waals surface area contributed by atoms with Crippen LogP contribution < -0.4 is 19.8 Å². The molecule has 37 heavy (non-hydrogen) atoms. The third-order valence-electron chi connectivity index (χ3n) is 6.04. The summed E-state index contributed by atoms with van der Waals surface area (Å²) in [5, 5.41) is 4.02. The van der Waals surface area contributed by atoms with Crippen LogP contribution in [0.2, 0.25) is 0 Å². The molecule has 0 spiro atoms. The van der Waals surface area contributed by atoms with Crippen molar-refractivity contribution in [1.82, 2.24) is 10.3 Å². The van der Waals surface area contributed by atoms with Crippen LogP contribution in [0.3, 0.4) is 0 Å². The van der Waals surface area contributed by atoms with Gasteiger partial charge in [-0.1, -0.05) is 30.3 Å². The lowest BCUT2D eigenvalue weighted by molar-refractivity contribution is 0.0954. The van der Waals surface area contributed by atoms with Crippen LogP contribution in [0.5, 0.6) is 11.5 Å². The fourth-order valence-electron chi connectivity index (χ4n) is 4.03. The molecule has 0 aromatic heterocycles. The molecule has 0 unspecified atom stereocenters. The van der Waals surface area contributed by atoms with Gasteiger partial charge in [-0.2, -0.15) is 5.10 Å². The number of nitrogens with one attached hydrogen (secondary N) is 1. The van der Waals surface area contributed by atoms with Gasteiger partial charge in [0.25, 0.3) is 5.91 Å². The molecule has 192 valence electrons. The van der Waals surface area contributed by atoms with Crippen molar-refractivity contribution in [3.05, 3.63) is 89.5 Å². The molecule has 0 bridgehead atoms. The highest BCUT2D eigenvalue weighted by molar-refractivity contribution is 5.95. The largest absolute Gasteiger partial charge is 0.513 e. The van der Waals surface area contributed by atoms with Crippen LogP contribution in [0, 0.1) is 0 Å². The van der Waals surface area contributed by atoms with Crippen LogP contribution in [-0.2, 0) is 11.3 Å². The standard InChI is InChI=1S/C28H30N4O5/c1-35-26-18-22(10-13-25(26)37-28(34)36-2)19-29-30-27(33)23-11-8-21(9-12-23)20-31-14-16-32(17-15-31)24-6-4-3-5-7-24/h3-13,18-19H,14-17,20H2,1-2H3,(H,30,33)/b29-19-. The SMILES string of the molecule is COC(=O)Oc1ccc(/C=N\NC(=O)c2ccc(CN3CCN(c4ccccc4)CC3)cc2)cc1OC. The Hall–Kier alpha value is -4.37. The van der Waals surface area contributed by atoms with Gasteiger partial charge in [-0.25, -0.2) is 10.2 Å². The monoisotopic (exact) mass is 502 g/mol. The number of benzene rings is 3. The Morgan fingerprint density at radius 2 is 1.65 bits per heavy atom. The fraction of sp³-hybridized carbons (Fsp3) is 0.250.